The van der Waals surface area contributed by atoms with Gasteiger partial charge in [0.15, 0.2) is 23.3 Å². The third-order valence-electron chi connectivity index (χ3n) is 13.3. The van der Waals surface area contributed by atoms with Gasteiger partial charge in [0.05, 0.1) is 35.7 Å². The molecule has 3 aliphatic heterocycles. The van der Waals surface area contributed by atoms with Gasteiger partial charge in [0.1, 0.15) is 23.9 Å². The summed E-state index contributed by atoms with van der Waals surface area (Å²) in [6.45, 7) is 20.7. The van der Waals surface area contributed by atoms with Gasteiger partial charge in [0, 0.05) is 49.2 Å². The normalized spacial score (nSPS) is 36.6. The highest BCUT2D eigenvalue weighted by Gasteiger charge is 2.61. The molecule has 13 atom stereocenters. The van der Waals surface area contributed by atoms with Crippen molar-refractivity contribution in [1.29, 1.82) is 0 Å². The number of cyclic esters (lactones) is 1. The molecule has 0 radical (unpaired) electrons. The predicted molar refractivity (Wildman–Crippen MR) is 220 cm³/mol. The highest BCUT2D eigenvalue weighted by atomic mass is 16.7. The van der Waals surface area contributed by atoms with Gasteiger partial charge in [-0.05, 0) is 99.0 Å². The second kappa shape index (κ2) is 18.1. The van der Waals surface area contributed by atoms with Crippen molar-refractivity contribution in [3.05, 3.63) is 37.3 Å². The monoisotopic (exact) mass is 825 g/mol. The van der Waals surface area contributed by atoms with Crippen LogP contribution in [0.2, 0.25) is 0 Å². The lowest BCUT2D eigenvalue weighted by molar-refractivity contribution is -0.295. The smallest absolute Gasteiger partial charge is 0.411 e. The van der Waals surface area contributed by atoms with Crippen LogP contribution in [0.15, 0.2) is 37.3 Å². The van der Waals surface area contributed by atoms with Crippen molar-refractivity contribution in [2.24, 2.45) is 23.7 Å². The molecule has 1 N–H and O–H groups in total. The quantitative estimate of drug-likeness (QED) is 0.176. The number of imidazole rings is 1. The number of aliphatic hydroxyl groups is 1. The first kappa shape index (κ1) is 46.3. The molecule has 15 heteroatoms. The van der Waals surface area contributed by atoms with Crippen molar-refractivity contribution >= 4 is 34.8 Å². The van der Waals surface area contributed by atoms with Crippen molar-refractivity contribution in [2.45, 2.75) is 154 Å². The van der Waals surface area contributed by atoms with Crippen LogP contribution in [0.1, 0.15) is 94.4 Å². The van der Waals surface area contributed by atoms with Gasteiger partial charge >= 0.3 is 12.1 Å². The first-order chi connectivity index (χ1) is 27.7. The van der Waals surface area contributed by atoms with Crippen LogP contribution in [0.5, 0.6) is 0 Å². The predicted octanol–water partition coefficient (Wildman–Crippen LogP) is 5.32. The van der Waals surface area contributed by atoms with Crippen molar-refractivity contribution in [1.82, 2.24) is 24.3 Å². The van der Waals surface area contributed by atoms with Crippen molar-refractivity contribution in [3.63, 3.8) is 0 Å². The van der Waals surface area contributed by atoms with Crippen LogP contribution in [-0.2, 0) is 43.6 Å². The average molecular weight is 826 g/mol. The van der Waals surface area contributed by atoms with E-state index in [0.29, 0.717) is 24.9 Å². The fourth-order valence-corrected chi connectivity index (χ4v) is 9.82. The third-order valence-corrected chi connectivity index (χ3v) is 13.3. The number of methoxy groups -OCH3 is 1. The molecule has 0 aliphatic carbocycles. The van der Waals surface area contributed by atoms with E-state index in [9.17, 15) is 24.3 Å². The third kappa shape index (κ3) is 8.86. The molecule has 2 aromatic rings. The van der Waals surface area contributed by atoms with Crippen molar-refractivity contribution in [2.75, 3.05) is 27.7 Å². The van der Waals surface area contributed by atoms with Crippen LogP contribution in [0.4, 0.5) is 4.79 Å². The number of likely N-dealkylation sites (N-methyl/N-ethyl adjacent to an activating group) is 1. The maximum Gasteiger partial charge on any atom is 0.411 e. The summed E-state index contributed by atoms with van der Waals surface area (Å²) in [7, 11) is 5.23. The lowest BCUT2D eigenvalue weighted by Gasteiger charge is -2.47. The Balaban J connectivity index is 1.51. The standard InChI is InChI=1S/C44H67N5O10/c1-14-32-44(15-2)36(48(41(54)59-44)21-17-19-42(8,9)49-24-46-38-30(49)18-16-20-45-38)27(5)33(50)25(3)23-43(10,55-13)37(28(6)34(51)29(7)39(53)57-32)58-40-35(52)31(47(11)12)22-26(4)56-40/h15-16,18,20,24-29,31-32,35-37,40,52H,2,14,17,19,21-23H2,1,3-13H3/t25-,26-,27+,28+,29-,31+,32-,35-,36-,37-,40+,43-,44-/m1/s1. The number of hydrogen-bond donors (Lipinski definition) is 1. The van der Waals surface area contributed by atoms with Crippen LogP contribution >= 0.6 is 0 Å². The van der Waals surface area contributed by atoms with E-state index in [0.717, 1.165) is 5.52 Å². The number of amides is 1. The van der Waals surface area contributed by atoms with E-state index >= 15 is 0 Å². The minimum absolute atomic E-state index is 0.102. The average Bonchev–Trinajstić information content (AvgIpc) is 3.77. The summed E-state index contributed by atoms with van der Waals surface area (Å²) < 4.78 is 33.4. The summed E-state index contributed by atoms with van der Waals surface area (Å²) in [5.41, 5.74) is -1.79. The number of aromatic nitrogens is 3. The molecule has 1 amide bonds. The molecule has 0 saturated carbocycles. The highest BCUT2D eigenvalue weighted by Crippen LogP contribution is 2.44. The summed E-state index contributed by atoms with van der Waals surface area (Å²) in [5, 5.41) is 11.5. The Bertz CT molecular complexity index is 1850. The van der Waals surface area contributed by atoms with Gasteiger partial charge in [0.2, 0.25) is 0 Å². The second-order valence-electron chi connectivity index (χ2n) is 18.1. The molecule has 2 aromatic heterocycles. The Morgan fingerprint density at radius 1 is 1.08 bits per heavy atom. The Labute approximate surface area is 349 Å². The maximum absolute atomic E-state index is 14.9. The number of aliphatic hydroxyl groups excluding tert-OH is 1. The summed E-state index contributed by atoms with van der Waals surface area (Å²) in [5.74, 6) is -5.24. The summed E-state index contributed by atoms with van der Waals surface area (Å²) in [6.07, 6.45) is 1.72. The zero-order valence-corrected chi connectivity index (χ0v) is 37.0. The number of ether oxygens (including phenoxy) is 5. The Morgan fingerprint density at radius 2 is 1.78 bits per heavy atom. The van der Waals surface area contributed by atoms with E-state index in [1.165, 1.54) is 20.1 Å². The number of esters is 1. The number of ketones is 2. The molecule has 0 unspecified atom stereocenters. The molecule has 3 aliphatic rings. The number of pyridine rings is 1. The van der Waals surface area contributed by atoms with Crippen molar-refractivity contribution in [3.8, 4) is 0 Å². The Morgan fingerprint density at radius 3 is 2.41 bits per heavy atom. The second-order valence-corrected chi connectivity index (χ2v) is 18.1. The summed E-state index contributed by atoms with van der Waals surface area (Å²) in [4.78, 5) is 69.8. The molecular weight excluding hydrogens is 759 g/mol. The highest BCUT2D eigenvalue weighted by molar-refractivity contribution is 6.00. The zero-order chi connectivity index (χ0) is 43.8. The van der Waals surface area contributed by atoms with E-state index in [2.05, 4.69) is 35.0 Å². The van der Waals surface area contributed by atoms with Crippen LogP contribution in [0.25, 0.3) is 11.2 Å². The fraction of sp³-hybridized carbons (Fsp3) is 0.727. The Kier molecular flexibility index (Phi) is 14.2. The van der Waals surface area contributed by atoms with Gasteiger partial charge in [0.25, 0.3) is 0 Å². The largest absolute Gasteiger partial charge is 0.457 e. The number of fused-ring (bicyclic) bond motifs is 2. The maximum atomic E-state index is 14.9. The number of carbonyl (C=O) groups excluding carboxylic acids is 4. The van der Waals surface area contributed by atoms with Gasteiger partial charge < -0.3 is 38.3 Å². The SMILES string of the molecule is C=C[C@]12OC(=O)N(CCCC(C)(C)n3cnc4ncccc43)[C@@H]1[C@@H](C)C(=O)[C@H](C)C[C@@](C)(OC)[C@H](O[C@@H]1O[C@H](C)C[C@H](N(C)C)[C@H]1O)[C@@H](C)C(=O)[C@@H](C)C(=O)O[C@@H]2CC. The van der Waals surface area contributed by atoms with Crippen LogP contribution in [0.3, 0.4) is 0 Å². The number of nitrogens with zero attached hydrogens (tertiary/aromatic N) is 5. The lowest BCUT2D eigenvalue weighted by atomic mass is 9.72. The molecule has 5 rings (SSSR count). The van der Waals surface area contributed by atoms with Gasteiger partial charge in [-0.15, -0.1) is 0 Å². The molecule has 3 saturated heterocycles. The summed E-state index contributed by atoms with van der Waals surface area (Å²) >= 11 is 0. The van der Waals surface area contributed by atoms with Crippen molar-refractivity contribution < 1.29 is 48.0 Å². The molecule has 59 heavy (non-hydrogen) atoms. The molecule has 328 valence electrons. The number of hydrogen-bond acceptors (Lipinski definition) is 13. The molecule has 0 aromatic carbocycles. The topological polar surface area (TPSA) is 172 Å². The van der Waals surface area contributed by atoms with Crippen LogP contribution < -0.4 is 0 Å². The minimum atomic E-state index is -1.61. The van der Waals surface area contributed by atoms with Crippen LogP contribution in [-0.4, -0.2) is 135 Å². The molecule has 0 spiro atoms. The molecular formula is C44H67N5O10. The minimum Gasteiger partial charge on any atom is -0.457 e. The zero-order valence-electron chi connectivity index (χ0n) is 37.0. The molecule has 5 heterocycles. The number of rotatable bonds is 11. The van der Waals surface area contributed by atoms with E-state index < -0.39 is 88.9 Å². The van der Waals surface area contributed by atoms with E-state index in [1.54, 1.807) is 52.0 Å². The van der Waals surface area contributed by atoms with Gasteiger partial charge in [-0.2, -0.15) is 0 Å². The lowest BCUT2D eigenvalue weighted by Crippen LogP contribution is -2.60. The van der Waals surface area contributed by atoms with Gasteiger partial charge in [-0.1, -0.05) is 34.3 Å². The van der Waals surface area contributed by atoms with Gasteiger partial charge in [-0.3, -0.25) is 19.3 Å². The van der Waals surface area contributed by atoms with E-state index in [-0.39, 0.29) is 37.3 Å². The summed E-state index contributed by atoms with van der Waals surface area (Å²) in [6, 6.07) is 2.63. The number of Topliss-reactive ketones (excluding diaryl/α,β-unsaturated/α-hetero) is 2. The number of carbonyl (C=O) groups is 4. The van der Waals surface area contributed by atoms with Gasteiger partial charge in [-0.25, -0.2) is 14.8 Å². The molecule has 15 nitrogen and oxygen atoms in total. The van der Waals surface area contributed by atoms with E-state index in [1.807, 2.05) is 38.1 Å². The molecule has 0 bridgehead atoms. The first-order valence-electron chi connectivity index (χ1n) is 21.1. The van der Waals surface area contributed by atoms with E-state index in [4.69, 9.17) is 23.7 Å². The Hall–Kier alpha value is -3.76. The fourth-order valence-electron chi connectivity index (χ4n) is 9.82. The van der Waals surface area contributed by atoms with Crippen LogP contribution in [0, 0.1) is 23.7 Å². The molecule has 3 fully saturated rings. The first-order valence-corrected chi connectivity index (χ1v) is 21.1.